The molecule has 3 nitrogen and oxygen atoms in total. The molecule has 6 heteroatoms. The number of ether oxygens (including phenoxy) is 1. The lowest BCUT2D eigenvalue weighted by Gasteiger charge is -2.06. The maximum Gasteiger partial charge on any atom is 0.416 e. The SMILES string of the molecule is OCc1cc(-c2ccc(C(F)(F)F)cc2)oc1COc1ccccc1. The van der Waals surface area contributed by atoms with Crippen molar-refractivity contribution in [3.63, 3.8) is 0 Å². The number of aliphatic hydroxyl groups excluding tert-OH is 1. The zero-order chi connectivity index (χ0) is 17.9. The fraction of sp³-hybridized carbons (Fsp3) is 0.158. The Morgan fingerprint density at radius 3 is 2.24 bits per heavy atom. The molecule has 0 saturated heterocycles. The molecule has 1 N–H and O–H groups in total. The van der Waals surface area contributed by atoms with Crippen LogP contribution in [0.3, 0.4) is 0 Å². The van der Waals surface area contributed by atoms with Crippen molar-refractivity contribution in [2.24, 2.45) is 0 Å². The number of hydrogen-bond donors (Lipinski definition) is 1. The fourth-order valence-corrected chi connectivity index (χ4v) is 2.35. The first-order valence-electron chi connectivity index (χ1n) is 7.55. The van der Waals surface area contributed by atoms with Crippen molar-refractivity contribution in [2.75, 3.05) is 0 Å². The molecule has 0 amide bonds. The number of aliphatic hydroxyl groups is 1. The number of furan rings is 1. The zero-order valence-electron chi connectivity index (χ0n) is 13.1. The van der Waals surface area contributed by atoms with Crippen molar-refractivity contribution in [3.8, 4) is 17.1 Å². The quantitative estimate of drug-likeness (QED) is 0.703. The van der Waals surface area contributed by atoms with E-state index < -0.39 is 11.7 Å². The molecule has 1 heterocycles. The second-order valence-electron chi connectivity index (χ2n) is 5.39. The molecule has 0 aliphatic heterocycles. The molecular formula is C19H15F3O3. The molecule has 0 unspecified atom stereocenters. The monoisotopic (exact) mass is 348 g/mol. The summed E-state index contributed by atoms with van der Waals surface area (Å²) in [5, 5.41) is 9.46. The summed E-state index contributed by atoms with van der Waals surface area (Å²) in [7, 11) is 0. The molecule has 0 aliphatic rings. The van der Waals surface area contributed by atoms with Gasteiger partial charge in [-0.2, -0.15) is 13.2 Å². The minimum Gasteiger partial charge on any atom is -0.486 e. The summed E-state index contributed by atoms with van der Waals surface area (Å²) in [5.74, 6) is 1.46. The van der Waals surface area contributed by atoms with Gasteiger partial charge in [0.05, 0.1) is 12.2 Å². The highest BCUT2D eigenvalue weighted by atomic mass is 19.4. The van der Waals surface area contributed by atoms with E-state index in [0.717, 1.165) is 12.1 Å². The lowest BCUT2D eigenvalue weighted by atomic mass is 10.1. The van der Waals surface area contributed by atoms with E-state index in [1.54, 1.807) is 18.2 Å². The van der Waals surface area contributed by atoms with E-state index >= 15 is 0 Å². The third-order valence-electron chi connectivity index (χ3n) is 3.68. The Morgan fingerprint density at radius 1 is 0.960 bits per heavy atom. The molecule has 130 valence electrons. The summed E-state index contributed by atoms with van der Waals surface area (Å²) in [4.78, 5) is 0. The summed E-state index contributed by atoms with van der Waals surface area (Å²) >= 11 is 0. The Labute approximate surface area is 142 Å². The molecular weight excluding hydrogens is 333 g/mol. The Kier molecular flexibility index (Phi) is 4.81. The van der Waals surface area contributed by atoms with E-state index in [4.69, 9.17) is 9.15 Å². The van der Waals surface area contributed by atoms with Crippen molar-refractivity contribution >= 4 is 0 Å². The van der Waals surface area contributed by atoms with Crippen LogP contribution in [0.25, 0.3) is 11.3 Å². The molecule has 1 aromatic heterocycles. The summed E-state index contributed by atoms with van der Waals surface area (Å²) in [6, 6.07) is 15.4. The van der Waals surface area contributed by atoms with Crippen LogP contribution in [0.15, 0.2) is 65.1 Å². The van der Waals surface area contributed by atoms with Gasteiger partial charge >= 0.3 is 6.18 Å². The van der Waals surface area contributed by atoms with Crippen LogP contribution >= 0.6 is 0 Å². The van der Waals surface area contributed by atoms with Gasteiger partial charge in [-0.15, -0.1) is 0 Å². The lowest BCUT2D eigenvalue weighted by molar-refractivity contribution is -0.137. The summed E-state index contributed by atoms with van der Waals surface area (Å²) in [6.07, 6.45) is -4.38. The van der Waals surface area contributed by atoms with E-state index in [1.807, 2.05) is 18.2 Å². The topological polar surface area (TPSA) is 42.6 Å². The first-order chi connectivity index (χ1) is 12.0. The second-order valence-corrected chi connectivity index (χ2v) is 5.39. The highest BCUT2D eigenvalue weighted by Gasteiger charge is 2.30. The third-order valence-corrected chi connectivity index (χ3v) is 3.68. The van der Waals surface area contributed by atoms with Gasteiger partial charge in [0.15, 0.2) is 0 Å². The lowest BCUT2D eigenvalue weighted by Crippen LogP contribution is -2.03. The normalized spacial score (nSPS) is 11.5. The molecule has 0 radical (unpaired) electrons. The smallest absolute Gasteiger partial charge is 0.416 e. The van der Waals surface area contributed by atoms with Gasteiger partial charge in [0.25, 0.3) is 0 Å². The molecule has 3 rings (SSSR count). The number of para-hydroxylation sites is 1. The molecule has 0 aliphatic carbocycles. The van der Waals surface area contributed by atoms with Crippen LogP contribution < -0.4 is 4.74 Å². The molecule has 0 saturated carbocycles. The Morgan fingerprint density at radius 2 is 1.64 bits per heavy atom. The number of benzene rings is 2. The predicted octanol–water partition coefficient (Wildman–Crippen LogP) is 5.04. The fourth-order valence-electron chi connectivity index (χ4n) is 2.35. The van der Waals surface area contributed by atoms with Gasteiger partial charge in [0.1, 0.15) is 23.9 Å². The number of rotatable bonds is 5. The molecule has 0 fully saturated rings. The summed E-state index contributed by atoms with van der Waals surface area (Å²) < 4.78 is 49.2. The Bertz CT molecular complexity index is 821. The van der Waals surface area contributed by atoms with Crippen LogP contribution in [0.5, 0.6) is 5.75 Å². The average molecular weight is 348 g/mol. The maximum atomic E-state index is 12.6. The molecule has 0 bridgehead atoms. The van der Waals surface area contributed by atoms with E-state index in [-0.39, 0.29) is 13.2 Å². The van der Waals surface area contributed by atoms with Crippen LogP contribution in [-0.4, -0.2) is 5.11 Å². The van der Waals surface area contributed by atoms with E-state index in [2.05, 4.69) is 0 Å². The van der Waals surface area contributed by atoms with Crippen molar-refractivity contribution in [3.05, 3.63) is 77.6 Å². The molecule has 25 heavy (non-hydrogen) atoms. The van der Waals surface area contributed by atoms with Crippen molar-refractivity contribution in [2.45, 2.75) is 19.4 Å². The minimum atomic E-state index is -4.38. The second kappa shape index (κ2) is 7.03. The largest absolute Gasteiger partial charge is 0.486 e. The van der Waals surface area contributed by atoms with Gasteiger partial charge in [-0.1, -0.05) is 30.3 Å². The van der Waals surface area contributed by atoms with Crippen LogP contribution in [0.4, 0.5) is 13.2 Å². The van der Waals surface area contributed by atoms with Crippen LogP contribution in [0, 0.1) is 0 Å². The van der Waals surface area contributed by atoms with Gasteiger partial charge < -0.3 is 14.3 Å². The summed E-state index contributed by atoms with van der Waals surface area (Å²) in [6.45, 7) is -0.141. The summed E-state index contributed by atoms with van der Waals surface area (Å²) in [5.41, 5.74) is 0.303. The van der Waals surface area contributed by atoms with Gasteiger partial charge in [-0.25, -0.2) is 0 Å². The van der Waals surface area contributed by atoms with Crippen LogP contribution in [-0.2, 0) is 19.4 Å². The third kappa shape index (κ3) is 4.03. The van der Waals surface area contributed by atoms with Crippen molar-refractivity contribution in [1.82, 2.24) is 0 Å². The van der Waals surface area contributed by atoms with Crippen molar-refractivity contribution < 1.29 is 27.4 Å². The van der Waals surface area contributed by atoms with Crippen molar-refractivity contribution in [1.29, 1.82) is 0 Å². The minimum absolute atomic E-state index is 0.112. The van der Waals surface area contributed by atoms with E-state index in [9.17, 15) is 18.3 Å². The van der Waals surface area contributed by atoms with E-state index in [0.29, 0.717) is 28.4 Å². The van der Waals surface area contributed by atoms with Crippen LogP contribution in [0.2, 0.25) is 0 Å². The van der Waals surface area contributed by atoms with Crippen LogP contribution in [0.1, 0.15) is 16.9 Å². The average Bonchev–Trinajstić information content (AvgIpc) is 3.03. The first kappa shape index (κ1) is 17.1. The highest BCUT2D eigenvalue weighted by molar-refractivity contribution is 5.59. The Balaban J connectivity index is 1.80. The highest BCUT2D eigenvalue weighted by Crippen LogP contribution is 2.32. The van der Waals surface area contributed by atoms with E-state index in [1.165, 1.54) is 12.1 Å². The number of alkyl halides is 3. The maximum absolute atomic E-state index is 12.6. The standard InChI is InChI=1S/C19H15F3O3/c20-19(21,22)15-8-6-13(7-9-15)17-10-14(11-23)18(25-17)12-24-16-4-2-1-3-5-16/h1-10,23H,11-12H2. The van der Waals surface area contributed by atoms with Gasteiger partial charge in [0.2, 0.25) is 0 Å². The first-order valence-corrected chi connectivity index (χ1v) is 7.55. The predicted molar refractivity (Wildman–Crippen MR) is 85.8 cm³/mol. The van der Waals surface area contributed by atoms with Gasteiger partial charge in [-0.05, 0) is 30.3 Å². The number of halogens is 3. The molecule has 2 aromatic carbocycles. The molecule has 3 aromatic rings. The van der Waals surface area contributed by atoms with Gasteiger partial charge in [0, 0.05) is 11.1 Å². The van der Waals surface area contributed by atoms with Gasteiger partial charge in [-0.3, -0.25) is 0 Å². The molecule has 0 atom stereocenters. The molecule has 0 spiro atoms. The zero-order valence-corrected chi connectivity index (χ0v) is 13.1. The number of hydrogen-bond acceptors (Lipinski definition) is 3. The Hall–Kier alpha value is -2.73.